The molecule has 1 fully saturated rings. The van der Waals surface area contributed by atoms with Crippen molar-refractivity contribution in [3.05, 3.63) is 42.5 Å². The molecule has 1 saturated carbocycles. The number of aromatic nitrogens is 4. The molecule has 0 unspecified atom stereocenters. The average Bonchev–Trinajstić information content (AvgIpc) is 3.15. The number of carbonyl (C=O) groups is 1. The van der Waals surface area contributed by atoms with Gasteiger partial charge in [0, 0.05) is 42.8 Å². The van der Waals surface area contributed by atoms with Crippen LogP contribution in [0.2, 0.25) is 0 Å². The van der Waals surface area contributed by atoms with Crippen molar-refractivity contribution in [1.29, 1.82) is 0 Å². The van der Waals surface area contributed by atoms with Crippen LogP contribution in [-0.2, 0) is 0 Å². The molecule has 1 aliphatic carbocycles. The van der Waals surface area contributed by atoms with Gasteiger partial charge in [-0.25, -0.2) is 9.50 Å². The third kappa shape index (κ3) is 4.29. The van der Waals surface area contributed by atoms with Crippen LogP contribution in [0.5, 0.6) is 0 Å². The summed E-state index contributed by atoms with van der Waals surface area (Å²) in [5.41, 5.74) is 8.50. The molecule has 9 heteroatoms. The second-order valence-corrected chi connectivity index (χ2v) is 7.30. The summed E-state index contributed by atoms with van der Waals surface area (Å²) >= 11 is 0. The highest BCUT2D eigenvalue weighted by molar-refractivity contribution is 6.03. The number of rotatable bonds is 6. The van der Waals surface area contributed by atoms with Gasteiger partial charge in [0.2, 0.25) is 0 Å². The third-order valence-electron chi connectivity index (χ3n) is 5.13. The quantitative estimate of drug-likeness (QED) is 0.506. The van der Waals surface area contributed by atoms with E-state index in [1.807, 2.05) is 13.0 Å². The fourth-order valence-corrected chi connectivity index (χ4v) is 3.62. The van der Waals surface area contributed by atoms with Crippen LogP contribution >= 0.6 is 0 Å². The molecule has 152 valence electrons. The summed E-state index contributed by atoms with van der Waals surface area (Å²) in [7, 11) is 0. The summed E-state index contributed by atoms with van der Waals surface area (Å²) in [5.74, 6) is 0.435. The second-order valence-electron chi connectivity index (χ2n) is 7.30. The van der Waals surface area contributed by atoms with E-state index in [4.69, 9.17) is 5.73 Å². The zero-order valence-electron chi connectivity index (χ0n) is 16.4. The van der Waals surface area contributed by atoms with Crippen molar-refractivity contribution in [1.82, 2.24) is 19.6 Å². The van der Waals surface area contributed by atoms with Crippen molar-refractivity contribution in [3.8, 4) is 0 Å². The Kier molecular flexibility index (Phi) is 5.57. The highest BCUT2D eigenvalue weighted by Crippen LogP contribution is 2.24. The summed E-state index contributed by atoms with van der Waals surface area (Å²) in [6.45, 7) is 2.76. The molecule has 9 nitrogen and oxygen atoms in total. The molecule has 0 aliphatic heterocycles. The SMILES string of the molecule is CCNc1cc(NC2CCC(N)CC2)nn2c(C(=O)Nc3ccncc3)cnc12. The maximum Gasteiger partial charge on any atom is 0.276 e. The summed E-state index contributed by atoms with van der Waals surface area (Å²) in [6.07, 6.45) is 8.83. The van der Waals surface area contributed by atoms with Crippen LogP contribution in [0, 0.1) is 0 Å². The number of hydrogen-bond acceptors (Lipinski definition) is 7. The van der Waals surface area contributed by atoms with Crippen molar-refractivity contribution >= 4 is 28.7 Å². The van der Waals surface area contributed by atoms with Gasteiger partial charge in [-0.15, -0.1) is 5.10 Å². The third-order valence-corrected chi connectivity index (χ3v) is 5.13. The summed E-state index contributed by atoms with van der Waals surface area (Å²) < 4.78 is 1.59. The molecule has 5 N–H and O–H groups in total. The van der Waals surface area contributed by atoms with Gasteiger partial charge in [-0.3, -0.25) is 9.78 Å². The van der Waals surface area contributed by atoms with E-state index >= 15 is 0 Å². The minimum absolute atomic E-state index is 0.278. The molecule has 0 saturated heterocycles. The number of nitrogens with zero attached hydrogens (tertiary/aromatic N) is 4. The van der Waals surface area contributed by atoms with Crippen LogP contribution in [0.1, 0.15) is 43.1 Å². The maximum atomic E-state index is 12.8. The Balaban J connectivity index is 1.63. The Morgan fingerprint density at radius 1 is 1.24 bits per heavy atom. The number of amides is 1. The minimum atomic E-state index is -0.278. The van der Waals surface area contributed by atoms with Gasteiger partial charge in [-0.2, -0.15) is 0 Å². The van der Waals surface area contributed by atoms with E-state index < -0.39 is 0 Å². The monoisotopic (exact) mass is 394 g/mol. The predicted octanol–water partition coefficient (Wildman–Crippen LogP) is 2.49. The molecule has 0 atom stereocenters. The van der Waals surface area contributed by atoms with Crippen molar-refractivity contribution in [2.45, 2.75) is 44.7 Å². The maximum absolute atomic E-state index is 12.8. The molecule has 1 amide bonds. The van der Waals surface area contributed by atoms with Gasteiger partial charge in [0.25, 0.3) is 5.91 Å². The van der Waals surface area contributed by atoms with Gasteiger partial charge >= 0.3 is 0 Å². The molecule has 29 heavy (non-hydrogen) atoms. The van der Waals surface area contributed by atoms with Crippen LogP contribution in [0.15, 0.2) is 36.8 Å². The number of anilines is 3. The van der Waals surface area contributed by atoms with Gasteiger partial charge in [0.15, 0.2) is 11.3 Å². The van der Waals surface area contributed by atoms with E-state index in [1.165, 1.54) is 0 Å². The molecule has 3 aromatic rings. The van der Waals surface area contributed by atoms with Crippen LogP contribution in [0.4, 0.5) is 17.2 Å². The first-order chi connectivity index (χ1) is 14.1. The average molecular weight is 394 g/mol. The Morgan fingerprint density at radius 2 is 2.00 bits per heavy atom. The molecule has 3 aromatic heterocycles. The lowest BCUT2D eigenvalue weighted by Crippen LogP contribution is -2.33. The number of hydrogen-bond donors (Lipinski definition) is 4. The van der Waals surface area contributed by atoms with Crippen molar-refractivity contribution in [3.63, 3.8) is 0 Å². The molecule has 4 rings (SSSR count). The van der Waals surface area contributed by atoms with Gasteiger partial charge < -0.3 is 21.7 Å². The number of pyridine rings is 1. The minimum Gasteiger partial charge on any atom is -0.382 e. The highest BCUT2D eigenvalue weighted by atomic mass is 16.2. The van der Waals surface area contributed by atoms with Gasteiger partial charge in [-0.05, 0) is 44.7 Å². The first-order valence-corrected chi connectivity index (χ1v) is 10.00. The van der Waals surface area contributed by atoms with Crippen LogP contribution in [0.25, 0.3) is 5.65 Å². The predicted molar refractivity (Wildman–Crippen MR) is 113 cm³/mol. The normalized spacial score (nSPS) is 19.1. The van der Waals surface area contributed by atoms with Crippen molar-refractivity contribution in [2.24, 2.45) is 5.73 Å². The van der Waals surface area contributed by atoms with E-state index in [2.05, 4.69) is 31.0 Å². The number of fused-ring (bicyclic) bond motifs is 1. The topological polar surface area (TPSA) is 122 Å². The zero-order valence-corrected chi connectivity index (χ0v) is 16.4. The van der Waals surface area contributed by atoms with E-state index in [9.17, 15) is 4.79 Å². The molecule has 1 aliphatic rings. The molecule has 3 heterocycles. The molecular formula is C20H26N8O. The van der Waals surface area contributed by atoms with Crippen molar-refractivity contribution in [2.75, 3.05) is 22.5 Å². The van der Waals surface area contributed by atoms with Gasteiger partial charge in [0.1, 0.15) is 5.82 Å². The van der Waals surface area contributed by atoms with Gasteiger partial charge in [0.05, 0.1) is 11.9 Å². The Labute approximate surface area is 169 Å². The summed E-state index contributed by atoms with van der Waals surface area (Å²) in [4.78, 5) is 21.2. The lowest BCUT2D eigenvalue weighted by molar-refractivity contribution is 0.102. The lowest BCUT2D eigenvalue weighted by atomic mass is 9.92. The number of carbonyl (C=O) groups excluding carboxylic acids is 1. The van der Waals surface area contributed by atoms with Crippen LogP contribution < -0.4 is 21.7 Å². The Hall–Kier alpha value is -3.20. The number of nitrogens with two attached hydrogens (primary N) is 1. The fraction of sp³-hybridized carbons (Fsp3) is 0.400. The zero-order chi connectivity index (χ0) is 20.2. The number of nitrogens with one attached hydrogen (secondary N) is 3. The Bertz CT molecular complexity index is 979. The molecule has 0 bridgehead atoms. The lowest BCUT2D eigenvalue weighted by Gasteiger charge is -2.27. The smallest absolute Gasteiger partial charge is 0.276 e. The molecular weight excluding hydrogens is 368 g/mol. The summed E-state index contributed by atoms with van der Waals surface area (Å²) in [5, 5.41) is 14.3. The Morgan fingerprint density at radius 3 is 2.72 bits per heavy atom. The fourth-order valence-electron chi connectivity index (χ4n) is 3.62. The highest BCUT2D eigenvalue weighted by Gasteiger charge is 2.21. The van der Waals surface area contributed by atoms with E-state index in [0.717, 1.165) is 37.9 Å². The van der Waals surface area contributed by atoms with Gasteiger partial charge in [-0.1, -0.05) is 0 Å². The molecule has 0 spiro atoms. The second kappa shape index (κ2) is 8.44. The van der Waals surface area contributed by atoms with Crippen LogP contribution in [0.3, 0.4) is 0 Å². The molecule has 0 radical (unpaired) electrons. The van der Waals surface area contributed by atoms with E-state index in [0.29, 0.717) is 28.9 Å². The largest absolute Gasteiger partial charge is 0.382 e. The first-order valence-electron chi connectivity index (χ1n) is 10.00. The standard InChI is InChI=1S/C20H26N8O/c1-2-23-16-11-18(25-14-5-3-13(21)4-6-14)27-28-17(12-24-19(16)28)20(29)26-15-7-9-22-10-8-15/h7-14,23H,2-6,21H2,1H3,(H,25,27)(H,22,26,29). The first kappa shape index (κ1) is 19.1. The van der Waals surface area contributed by atoms with Crippen LogP contribution in [-0.4, -0.2) is 44.1 Å². The molecule has 0 aromatic carbocycles. The van der Waals surface area contributed by atoms with E-state index in [-0.39, 0.29) is 11.9 Å². The van der Waals surface area contributed by atoms with E-state index in [1.54, 1.807) is 35.2 Å². The number of imidazole rings is 1. The van der Waals surface area contributed by atoms with Crippen molar-refractivity contribution < 1.29 is 4.79 Å². The summed E-state index contributed by atoms with van der Waals surface area (Å²) in [6, 6.07) is 6.04.